The fourth-order valence-electron chi connectivity index (χ4n) is 2.63. The molecule has 22 heavy (non-hydrogen) atoms. The quantitative estimate of drug-likeness (QED) is 0.857. The highest BCUT2D eigenvalue weighted by molar-refractivity contribution is 5.34. The van der Waals surface area contributed by atoms with Crippen molar-refractivity contribution in [3.8, 4) is 11.6 Å². The standard InChI is InChI=1S/C17H20FN3O/c1-13-3-2-11-21(12-9-13)17-19-10-8-16(20-17)22-15-6-4-14(18)5-7-15/h4-8,10,13H,2-3,9,11-12H2,1H3. The van der Waals surface area contributed by atoms with Gasteiger partial charge in [0.25, 0.3) is 0 Å². The van der Waals surface area contributed by atoms with Gasteiger partial charge >= 0.3 is 0 Å². The Hall–Kier alpha value is -2.17. The smallest absolute Gasteiger partial charge is 0.228 e. The van der Waals surface area contributed by atoms with E-state index in [-0.39, 0.29) is 5.82 Å². The maximum atomic E-state index is 12.9. The van der Waals surface area contributed by atoms with E-state index in [9.17, 15) is 4.39 Å². The predicted molar refractivity (Wildman–Crippen MR) is 83.7 cm³/mol. The summed E-state index contributed by atoms with van der Waals surface area (Å²) in [5.74, 6) is 2.22. The van der Waals surface area contributed by atoms with Crippen LogP contribution in [0.3, 0.4) is 0 Å². The van der Waals surface area contributed by atoms with Gasteiger partial charge in [0.05, 0.1) is 0 Å². The molecule has 1 aromatic carbocycles. The number of ether oxygens (including phenoxy) is 1. The minimum atomic E-state index is -0.283. The van der Waals surface area contributed by atoms with Crippen molar-refractivity contribution in [3.63, 3.8) is 0 Å². The Morgan fingerprint density at radius 2 is 1.95 bits per heavy atom. The lowest BCUT2D eigenvalue weighted by atomic mass is 10.0. The van der Waals surface area contributed by atoms with Crippen LogP contribution in [-0.4, -0.2) is 23.1 Å². The summed E-state index contributed by atoms with van der Waals surface area (Å²) >= 11 is 0. The molecule has 0 amide bonds. The molecule has 1 aromatic heterocycles. The molecule has 5 heteroatoms. The highest BCUT2D eigenvalue weighted by atomic mass is 19.1. The molecule has 1 aliphatic heterocycles. The average molecular weight is 301 g/mol. The van der Waals surface area contributed by atoms with Crippen LogP contribution in [-0.2, 0) is 0 Å². The Morgan fingerprint density at radius 1 is 1.14 bits per heavy atom. The van der Waals surface area contributed by atoms with Crippen molar-refractivity contribution in [2.75, 3.05) is 18.0 Å². The second-order valence-electron chi connectivity index (χ2n) is 5.77. The Labute approximate surface area is 130 Å². The first-order valence-electron chi connectivity index (χ1n) is 7.72. The van der Waals surface area contributed by atoms with E-state index in [0.29, 0.717) is 17.6 Å². The van der Waals surface area contributed by atoms with E-state index in [1.54, 1.807) is 24.4 Å². The van der Waals surface area contributed by atoms with E-state index in [4.69, 9.17) is 4.74 Å². The zero-order valence-electron chi connectivity index (χ0n) is 12.7. The summed E-state index contributed by atoms with van der Waals surface area (Å²) in [6, 6.07) is 7.63. The van der Waals surface area contributed by atoms with Crippen LogP contribution in [0.5, 0.6) is 11.6 Å². The molecule has 0 aliphatic carbocycles. The Balaban J connectivity index is 1.73. The van der Waals surface area contributed by atoms with Crippen LogP contribution in [0.15, 0.2) is 36.5 Å². The Bertz CT molecular complexity index is 618. The van der Waals surface area contributed by atoms with Gasteiger partial charge in [0.1, 0.15) is 11.6 Å². The van der Waals surface area contributed by atoms with Gasteiger partial charge in [0, 0.05) is 25.4 Å². The number of halogens is 1. The largest absolute Gasteiger partial charge is 0.439 e. The number of anilines is 1. The fraction of sp³-hybridized carbons (Fsp3) is 0.412. The van der Waals surface area contributed by atoms with Crippen LogP contribution < -0.4 is 9.64 Å². The normalized spacial score (nSPS) is 18.8. The third-order valence-electron chi connectivity index (χ3n) is 3.95. The zero-order valence-corrected chi connectivity index (χ0v) is 12.7. The Morgan fingerprint density at radius 3 is 2.77 bits per heavy atom. The van der Waals surface area contributed by atoms with Crippen LogP contribution in [0.2, 0.25) is 0 Å². The molecule has 1 aliphatic rings. The van der Waals surface area contributed by atoms with Crippen molar-refractivity contribution in [2.45, 2.75) is 26.2 Å². The summed E-state index contributed by atoms with van der Waals surface area (Å²) in [5, 5.41) is 0. The van der Waals surface area contributed by atoms with Gasteiger partial charge < -0.3 is 9.64 Å². The predicted octanol–water partition coefficient (Wildman–Crippen LogP) is 4.03. The van der Waals surface area contributed by atoms with Crippen LogP contribution in [0.1, 0.15) is 26.2 Å². The summed E-state index contributed by atoms with van der Waals surface area (Å²) in [5.41, 5.74) is 0. The van der Waals surface area contributed by atoms with Crippen molar-refractivity contribution < 1.29 is 9.13 Å². The van der Waals surface area contributed by atoms with Crippen LogP contribution in [0, 0.1) is 11.7 Å². The molecule has 1 atom stereocenters. The van der Waals surface area contributed by atoms with E-state index >= 15 is 0 Å². The number of rotatable bonds is 3. The minimum Gasteiger partial charge on any atom is -0.439 e. The Kier molecular flexibility index (Phi) is 4.51. The second-order valence-corrected chi connectivity index (χ2v) is 5.77. The fourth-order valence-corrected chi connectivity index (χ4v) is 2.63. The van der Waals surface area contributed by atoms with E-state index in [1.807, 2.05) is 0 Å². The third kappa shape index (κ3) is 3.72. The van der Waals surface area contributed by atoms with Gasteiger partial charge in [-0.1, -0.05) is 6.92 Å². The monoisotopic (exact) mass is 301 g/mol. The average Bonchev–Trinajstić information content (AvgIpc) is 2.75. The van der Waals surface area contributed by atoms with E-state index in [2.05, 4.69) is 21.8 Å². The second kappa shape index (κ2) is 6.73. The van der Waals surface area contributed by atoms with Gasteiger partial charge in [-0.3, -0.25) is 0 Å². The van der Waals surface area contributed by atoms with Crippen LogP contribution >= 0.6 is 0 Å². The molecule has 0 saturated carbocycles. The summed E-state index contributed by atoms with van der Waals surface area (Å²) < 4.78 is 18.6. The maximum Gasteiger partial charge on any atom is 0.228 e. The highest BCUT2D eigenvalue weighted by Gasteiger charge is 2.16. The van der Waals surface area contributed by atoms with Gasteiger partial charge in [-0.05, 0) is 49.4 Å². The van der Waals surface area contributed by atoms with Gasteiger partial charge in [-0.2, -0.15) is 4.98 Å². The number of benzene rings is 1. The SMILES string of the molecule is CC1CCCN(c2nccc(Oc3ccc(F)cc3)n2)CC1. The van der Waals surface area contributed by atoms with Crippen molar-refractivity contribution in [3.05, 3.63) is 42.3 Å². The summed E-state index contributed by atoms with van der Waals surface area (Å²) in [6.07, 6.45) is 5.28. The van der Waals surface area contributed by atoms with E-state index in [0.717, 1.165) is 31.8 Å². The molecule has 2 heterocycles. The summed E-state index contributed by atoms with van der Waals surface area (Å²) in [4.78, 5) is 11.0. The lowest BCUT2D eigenvalue weighted by Crippen LogP contribution is -2.26. The third-order valence-corrected chi connectivity index (χ3v) is 3.95. The number of hydrogen-bond acceptors (Lipinski definition) is 4. The molecule has 3 rings (SSSR count). The van der Waals surface area contributed by atoms with Crippen molar-refractivity contribution in [1.29, 1.82) is 0 Å². The van der Waals surface area contributed by atoms with Crippen molar-refractivity contribution >= 4 is 5.95 Å². The minimum absolute atomic E-state index is 0.283. The molecular formula is C17H20FN3O. The lowest BCUT2D eigenvalue weighted by Gasteiger charge is -2.20. The molecule has 2 aromatic rings. The molecule has 116 valence electrons. The van der Waals surface area contributed by atoms with E-state index in [1.165, 1.54) is 18.6 Å². The summed E-state index contributed by atoms with van der Waals surface area (Å²) in [6.45, 7) is 4.24. The van der Waals surface area contributed by atoms with Crippen LogP contribution in [0.4, 0.5) is 10.3 Å². The molecule has 0 bridgehead atoms. The molecule has 1 saturated heterocycles. The maximum absolute atomic E-state index is 12.9. The van der Waals surface area contributed by atoms with Gasteiger partial charge in [0.2, 0.25) is 11.8 Å². The number of hydrogen-bond donors (Lipinski definition) is 0. The number of nitrogens with zero attached hydrogens (tertiary/aromatic N) is 3. The molecular weight excluding hydrogens is 281 g/mol. The molecule has 1 unspecified atom stereocenters. The summed E-state index contributed by atoms with van der Waals surface area (Å²) in [7, 11) is 0. The van der Waals surface area contributed by atoms with Gasteiger partial charge in [-0.15, -0.1) is 0 Å². The first-order chi connectivity index (χ1) is 10.7. The molecule has 0 spiro atoms. The van der Waals surface area contributed by atoms with Crippen molar-refractivity contribution in [1.82, 2.24) is 9.97 Å². The molecule has 0 radical (unpaired) electrons. The van der Waals surface area contributed by atoms with E-state index < -0.39 is 0 Å². The van der Waals surface area contributed by atoms with Crippen molar-refractivity contribution in [2.24, 2.45) is 5.92 Å². The zero-order chi connectivity index (χ0) is 15.4. The molecule has 1 fully saturated rings. The topological polar surface area (TPSA) is 38.2 Å². The highest BCUT2D eigenvalue weighted by Crippen LogP contribution is 2.23. The van der Waals surface area contributed by atoms with Gasteiger partial charge in [-0.25, -0.2) is 9.37 Å². The molecule has 4 nitrogen and oxygen atoms in total. The first kappa shape index (κ1) is 14.8. The lowest BCUT2D eigenvalue weighted by molar-refractivity contribution is 0.459. The molecule has 0 N–H and O–H groups in total. The number of aromatic nitrogens is 2. The van der Waals surface area contributed by atoms with Crippen LogP contribution in [0.25, 0.3) is 0 Å². The first-order valence-corrected chi connectivity index (χ1v) is 7.72. The van der Waals surface area contributed by atoms with Gasteiger partial charge in [0.15, 0.2) is 0 Å².